The van der Waals surface area contributed by atoms with Gasteiger partial charge < -0.3 is 25.4 Å². The maximum Gasteiger partial charge on any atom is 0.411 e. The Balaban J connectivity index is 1.17. The molecule has 1 fully saturated rings. The summed E-state index contributed by atoms with van der Waals surface area (Å²) < 4.78 is 5.26. The zero-order valence-electron chi connectivity index (χ0n) is 23.3. The number of rotatable bonds is 10. The standard InChI is InChI=1S/C31H35N7O4/c32-23-35-29(36-27-12-7-16-33-21-27)34-17-5-4-13-31(41)14-18-38(19-15-31)28(39)25-10-6-11-26(20-25)37-30(40)42-22-24-8-2-1-3-9-24/h1-3,6-12,16,20-21,41H,4-5,13-15,17-19,22H2,(H,37,40)(H2,34,35,36). The van der Waals surface area contributed by atoms with Crippen molar-refractivity contribution in [2.45, 2.75) is 44.3 Å². The van der Waals surface area contributed by atoms with E-state index in [1.807, 2.05) is 36.4 Å². The van der Waals surface area contributed by atoms with E-state index in [1.165, 1.54) is 0 Å². The van der Waals surface area contributed by atoms with Crippen molar-refractivity contribution >= 4 is 29.3 Å². The molecule has 218 valence electrons. The van der Waals surface area contributed by atoms with Crippen LogP contribution in [0.3, 0.4) is 0 Å². The van der Waals surface area contributed by atoms with Crippen molar-refractivity contribution in [3.05, 3.63) is 90.3 Å². The molecule has 2 aromatic carbocycles. The molecule has 2 amide bonds. The van der Waals surface area contributed by atoms with Crippen LogP contribution in [0.15, 0.2) is 84.1 Å². The minimum absolute atomic E-state index is 0.145. The third-order valence-corrected chi connectivity index (χ3v) is 7.00. The number of amides is 2. The molecule has 11 nitrogen and oxygen atoms in total. The average molecular weight is 570 g/mol. The van der Waals surface area contributed by atoms with Crippen LogP contribution in [-0.2, 0) is 11.3 Å². The van der Waals surface area contributed by atoms with Crippen LogP contribution in [0.4, 0.5) is 16.2 Å². The lowest BCUT2D eigenvalue weighted by Gasteiger charge is -2.38. The van der Waals surface area contributed by atoms with Crippen LogP contribution < -0.4 is 16.0 Å². The molecule has 0 radical (unpaired) electrons. The minimum atomic E-state index is -0.833. The Labute approximate surface area is 245 Å². The summed E-state index contributed by atoms with van der Waals surface area (Å²) in [6, 6.07) is 19.8. The van der Waals surface area contributed by atoms with Gasteiger partial charge in [-0.2, -0.15) is 5.26 Å². The van der Waals surface area contributed by atoms with E-state index in [1.54, 1.807) is 53.8 Å². The third kappa shape index (κ3) is 9.31. The lowest BCUT2D eigenvalue weighted by atomic mass is 9.86. The summed E-state index contributed by atoms with van der Waals surface area (Å²) >= 11 is 0. The van der Waals surface area contributed by atoms with Gasteiger partial charge in [-0.15, -0.1) is 4.99 Å². The van der Waals surface area contributed by atoms with Crippen molar-refractivity contribution < 1.29 is 19.4 Å². The Morgan fingerprint density at radius 3 is 2.55 bits per heavy atom. The number of ether oxygens (including phenoxy) is 1. The number of nitriles is 1. The number of nitrogens with one attached hydrogen (secondary N) is 3. The molecule has 4 N–H and O–H groups in total. The van der Waals surface area contributed by atoms with Crippen LogP contribution in [-0.4, -0.2) is 58.2 Å². The zero-order valence-corrected chi connectivity index (χ0v) is 23.3. The molecule has 1 saturated heterocycles. The van der Waals surface area contributed by atoms with Gasteiger partial charge in [0.15, 0.2) is 0 Å². The number of carbonyl (C=O) groups excluding carboxylic acids is 2. The number of piperidine rings is 1. The largest absolute Gasteiger partial charge is 0.444 e. The second-order valence-electron chi connectivity index (χ2n) is 10.1. The number of benzene rings is 2. The Kier molecular flexibility index (Phi) is 10.8. The molecule has 2 heterocycles. The van der Waals surface area contributed by atoms with Gasteiger partial charge in [0.2, 0.25) is 12.2 Å². The molecule has 1 aliphatic heterocycles. The van der Waals surface area contributed by atoms with Gasteiger partial charge in [0.25, 0.3) is 5.91 Å². The van der Waals surface area contributed by atoms with Crippen molar-refractivity contribution in [3.8, 4) is 6.19 Å². The van der Waals surface area contributed by atoms with E-state index in [2.05, 4.69) is 25.9 Å². The second-order valence-corrected chi connectivity index (χ2v) is 10.1. The first-order valence-electron chi connectivity index (χ1n) is 13.9. The van der Waals surface area contributed by atoms with Gasteiger partial charge in [-0.05, 0) is 68.0 Å². The first kappa shape index (κ1) is 30.0. The SMILES string of the molecule is N#C/N=C(\NCCCCC1(O)CCN(C(=O)c2cccc(NC(=O)OCc3ccccc3)c2)CC1)Nc1cccnc1. The maximum atomic E-state index is 13.2. The van der Waals surface area contributed by atoms with Crippen molar-refractivity contribution in [3.63, 3.8) is 0 Å². The summed E-state index contributed by atoms with van der Waals surface area (Å²) in [6.07, 6.45) is 7.62. The second kappa shape index (κ2) is 15.2. The van der Waals surface area contributed by atoms with Crippen molar-refractivity contribution in [1.82, 2.24) is 15.2 Å². The maximum absolute atomic E-state index is 13.2. The van der Waals surface area contributed by atoms with Crippen LogP contribution in [0, 0.1) is 11.5 Å². The number of carbonyl (C=O) groups is 2. The van der Waals surface area contributed by atoms with Crippen LogP contribution >= 0.6 is 0 Å². The van der Waals surface area contributed by atoms with Crippen LogP contribution in [0.1, 0.15) is 48.0 Å². The van der Waals surface area contributed by atoms with E-state index in [9.17, 15) is 14.7 Å². The van der Waals surface area contributed by atoms with E-state index >= 15 is 0 Å². The topological polar surface area (TPSA) is 152 Å². The number of aromatic nitrogens is 1. The summed E-state index contributed by atoms with van der Waals surface area (Å²) in [4.78, 5) is 34.9. The molecule has 0 aliphatic carbocycles. The summed E-state index contributed by atoms with van der Waals surface area (Å²) in [6.45, 7) is 1.62. The highest BCUT2D eigenvalue weighted by molar-refractivity contribution is 5.96. The molecule has 3 aromatic rings. The molecule has 1 aliphatic rings. The third-order valence-electron chi connectivity index (χ3n) is 7.00. The van der Waals surface area contributed by atoms with Gasteiger partial charge in [0, 0.05) is 37.1 Å². The van der Waals surface area contributed by atoms with E-state index in [4.69, 9.17) is 10.00 Å². The molecule has 42 heavy (non-hydrogen) atoms. The fraction of sp³-hybridized carbons (Fsp3) is 0.323. The van der Waals surface area contributed by atoms with Crippen LogP contribution in [0.5, 0.6) is 0 Å². The van der Waals surface area contributed by atoms with Gasteiger partial charge in [-0.1, -0.05) is 36.4 Å². The quantitative estimate of drug-likeness (QED) is 0.120. The van der Waals surface area contributed by atoms with Crippen molar-refractivity contribution in [2.24, 2.45) is 4.99 Å². The predicted octanol–water partition coefficient (Wildman–Crippen LogP) is 4.51. The molecular weight excluding hydrogens is 534 g/mol. The number of unbranched alkanes of at least 4 members (excludes halogenated alkanes) is 1. The highest BCUT2D eigenvalue weighted by Gasteiger charge is 2.33. The number of likely N-dealkylation sites (tertiary alicyclic amines) is 1. The molecule has 0 unspecified atom stereocenters. The Bertz CT molecular complexity index is 1390. The number of anilines is 2. The fourth-order valence-electron chi connectivity index (χ4n) is 4.69. The number of aliphatic hydroxyl groups is 1. The van der Waals surface area contributed by atoms with Gasteiger partial charge in [0.05, 0.1) is 17.5 Å². The highest BCUT2D eigenvalue weighted by Crippen LogP contribution is 2.28. The molecule has 11 heteroatoms. The first-order chi connectivity index (χ1) is 20.4. The summed E-state index contributed by atoms with van der Waals surface area (Å²) in [5.41, 5.74) is 1.70. The van der Waals surface area contributed by atoms with Crippen LogP contribution in [0.25, 0.3) is 0 Å². The molecule has 4 rings (SSSR count). The predicted molar refractivity (Wildman–Crippen MR) is 160 cm³/mol. The van der Waals surface area contributed by atoms with Gasteiger partial charge in [0.1, 0.15) is 6.61 Å². The molecular formula is C31H35N7O4. The number of nitrogens with zero attached hydrogens (tertiary/aromatic N) is 4. The fourth-order valence-corrected chi connectivity index (χ4v) is 4.69. The molecule has 0 bridgehead atoms. The zero-order chi connectivity index (χ0) is 29.6. The van der Waals surface area contributed by atoms with E-state index < -0.39 is 11.7 Å². The lowest BCUT2D eigenvalue weighted by Crippen LogP contribution is -2.46. The molecule has 0 saturated carbocycles. The monoisotopic (exact) mass is 569 g/mol. The van der Waals surface area contributed by atoms with Crippen LogP contribution in [0.2, 0.25) is 0 Å². The van der Waals surface area contributed by atoms with Gasteiger partial charge in [-0.3, -0.25) is 15.1 Å². The number of hydrogen-bond donors (Lipinski definition) is 4. The minimum Gasteiger partial charge on any atom is -0.444 e. The number of aliphatic imine (C=N–C) groups is 1. The van der Waals surface area contributed by atoms with Crippen molar-refractivity contribution in [2.75, 3.05) is 30.3 Å². The normalized spacial score (nSPS) is 14.4. The van der Waals surface area contributed by atoms with E-state index in [-0.39, 0.29) is 12.5 Å². The van der Waals surface area contributed by atoms with Crippen molar-refractivity contribution in [1.29, 1.82) is 5.26 Å². The number of hydrogen-bond acceptors (Lipinski definition) is 7. The number of pyridine rings is 1. The Morgan fingerprint density at radius 2 is 1.81 bits per heavy atom. The molecule has 1 aromatic heterocycles. The van der Waals surface area contributed by atoms with Gasteiger partial charge >= 0.3 is 6.09 Å². The highest BCUT2D eigenvalue weighted by atomic mass is 16.5. The van der Waals surface area contributed by atoms with E-state index in [0.29, 0.717) is 56.1 Å². The van der Waals surface area contributed by atoms with E-state index in [0.717, 1.165) is 24.1 Å². The smallest absolute Gasteiger partial charge is 0.411 e. The molecule has 0 spiro atoms. The summed E-state index contributed by atoms with van der Waals surface area (Å²) in [5.74, 6) is 0.201. The number of guanidine groups is 1. The summed E-state index contributed by atoms with van der Waals surface area (Å²) in [5, 5.41) is 28.8. The first-order valence-corrected chi connectivity index (χ1v) is 13.9. The molecule has 0 atom stereocenters. The Morgan fingerprint density at radius 1 is 1.02 bits per heavy atom. The summed E-state index contributed by atoms with van der Waals surface area (Å²) in [7, 11) is 0. The Hall–Kier alpha value is -4.95. The average Bonchev–Trinajstić information content (AvgIpc) is 3.01. The lowest BCUT2D eigenvalue weighted by molar-refractivity contribution is -0.0244. The van der Waals surface area contributed by atoms with Gasteiger partial charge in [-0.25, -0.2) is 4.79 Å².